The average molecular weight is 346 g/mol. The number of rotatable bonds is 5. The maximum Gasteiger partial charge on any atom is 0.338 e. The number of hydrogen-bond acceptors (Lipinski definition) is 3. The Morgan fingerprint density at radius 2 is 1.79 bits per heavy atom. The highest BCUT2D eigenvalue weighted by Crippen LogP contribution is 2.20. The predicted molar refractivity (Wildman–Crippen MR) is 95.6 cm³/mol. The predicted octanol–water partition coefficient (Wildman–Crippen LogP) is 4.57. The van der Waals surface area contributed by atoms with E-state index in [9.17, 15) is 9.59 Å². The molecule has 0 saturated heterocycles. The molecule has 0 aromatic heterocycles. The standard InChI is InChI=1S/C19H20ClNO3/c1-12(2)14-5-7-15(8-6-14)19(23)24-11-18(22)21-16-9-4-13(3)17(20)10-16/h4-10,12H,11H2,1-3H3,(H,21,22). The van der Waals surface area contributed by atoms with Crippen molar-refractivity contribution >= 4 is 29.2 Å². The lowest BCUT2D eigenvalue weighted by atomic mass is 10.0. The topological polar surface area (TPSA) is 55.4 Å². The van der Waals surface area contributed by atoms with E-state index in [0.29, 0.717) is 22.2 Å². The molecular weight excluding hydrogens is 326 g/mol. The van der Waals surface area contributed by atoms with Gasteiger partial charge in [-0.2, -0.15) is 0 Å². The van der Waals surface area contributed by atoms with Gasteiger partial charge in [-0.1, -0.05) is 43.6 Å². The van der Waals surface area contributed by atoms with Gasteiger partial charge >= 0.3 is 5.97 Å². The molecule has 0 atom stereocenters. The van der Waals surface area contributed by atoms with Crippen LogP contribution >= 0.6 is 11.6 Å². The van der Waals surface area contributed by atoms with E-state index in [1.165, 1.54) is 0 Å². The van der Waals surface area contributed by atoms with E-state index < -0.39 is 11.9 Å². The molecule has 1 N–H and O–H groups in total. The van der Waals surface area contributed by atoms with Crippen molar-refractivity contribution in [1.82, 2.24) is 0 Å². The van der Waals surface area contributed by atoms with Crippen LogP contribution in [0.5, 0.6) is 0 Å². The molecule has 0 aliphatic carbocycles. The van der Waals surface area contributed by atoms with Gasteiger partial charge in [0, 0.05) is 10.7 Å². The minimum atomic E-state index is -0.526. The SMILES string of the molecule is Cc1ccc(NC(=O)COC(=O)c2ccc(C(C)C)cc2)cc1Cl. The Kier molecular flexibility index (Phi) is 5.99. The molecule has 0 heterocycles. The third-order valence-electron chi connectivity index (χ3n) is 3.60. The van der Waals surface area contributed by atoms with Gasteiger partial charge in [0.05, 0.1) is 5.56 Å². The number of amides is 1. The first-order chi connectivity index (χ1) is 11.4. The highest BCUT2D eigenvalue weighted by atomic mass is 35.5. The highest BCUT2D eigenvalue weighted by molar-refractivity contribution is 6.31. The molecule has 0 bridgehead atoms. The van der Waals surface area contributed by atoms with E-state index >= 15 is 0 Å². The molecule has 0 spiro atoms. The van der Waals surface area contributed by atoms with Gasteiger partial charge in [-0.25, -0.2) is 4.79 Å². The Morgan fingerprint density at radius 1 is 1.12 bits per heavy atom. The number of carbonyl (C=O) groups is 2. The van der Waals surface area contributed by atoms with E-state index in [1.54, 1.807) is 30.3 Å². The van der Waals surface area contributed by atoms with Gasteiger partial charge < -0.3 is 10.1 Å². The number of ether oxygens (including phenoxy) is 1. The number of carbonyl (C=O) groups excluding carboxylic acids is 2. The molecule has 0 fully saturated rings. The largest absolute Gasteiger partial charge is 0.452 e. The molecule has 2 rings (SSSR count). The summed E-state index contributed by atoms with van der Waals surface area (Å²) in [5, 5.41) is 3.21. The lowest BCUT2D eigenvalue weighted by Crippen LogP contribution is -2.21. The zero-order valence-corrected chi connectivity index (χ0v) is 14.7. The maximum atomic E-state index is 12.0. The fourth-order valence-corrected chi connectivity index (χ4v) is 2.27. The summed E-state index contributed by atoms with van der Waals surface area (Å²) in [6.45, 7) is 5.68. The van der Waals surface area contributed by atoms with Crippen molar-refractivity contribution in [1.29, 1.82) is 0 Å². The molecule has 1 amide bonds. The van der Waals surface area contributed by atoms with Crippen LogP contribution in [0.1, 0.15) is 41.3 Å². The Labute approximate surface area is 146 Å². The lowest BCUT2D eigenvalue weighted by Gasteiger charge is -2.09. The summed E-state index contributed by atoms with van der Waals surface area (Å²) in [5.41, 5.74) is 3.05. The van der Waals surface area contributed by atoms with E-state index in [1.807, 2.05) is 19.1 Å². The van der Waals surface area contributed by atoms with Crippen LogP contribution in [-0.2, 0) is 9.53 Å². The summed E-state index contributed by atoms with van der Waals surface area (Å²) < 4.78 is 5.03. The molecule has 2 aromatic rings. The third kappa shape index (κ3) is 4.83. The van der Waals surface area contributed by atoms with Gasteiger partial charge in [0.1, 0.15) is 0 Å². The van der Waals surface area contributed by atoms with E-state index in [4.69, 9.17) is 16.3 Å². The number of nitrogens with one attached hydrogen (secondary N) is 1. The molecule has 0 unspecified atom stereocenters. The molecule has 2 aromatic carbocycles. The van der Waals surface area contributed by atoms with E-state index in [0.717, 1.165) is 11.1 Å². The van der Waals surface area contributed by atoms with Crippen LogP contribution in [0.25, 0.3) is 0 Å². The fraction of sp³-hybridized carbons (Fsp3) is 0.263. The average Bonchev–Trinajstić information content (AvgIpc) is 2.56. The zero-order chi connectivity index (χ0) is 17.7. The minimum absolute atomic E-state index is 0.351. The minimum Gasteiger partial charge on any atom is -0.452 e. The zero-order valence-electron chi connectivity index (χ0n) is 13.9. The summed E-state index contributed by atoms with van der Waals surface area (Å²) in [6.07, 6.45) is 0. The van der Waals surface area contributed by atoms with Crippen molar-refractivity contribution in [2.45, 2.75) is 26.7 Å². The third-order valence-corrected chi connectivity index (χ3v) is 4.01. The van der Waals surface area contributed by atoms with Gasteiger partial charge in [0.15, 0.2) is 6.61 Å². The normalized spacial score (nSPS) is 10.5. The molecular formula is C19H20ClNO3. The molecule has 5 heteroatoms. The molecule has 0 aliphatic rings. The van der Waals surface area contributed by atoms with Crippen LogP contribution in [0.4, 0.5) is 5.69 Å². The Hall–Kier alpha value is -2.33. The van der Waals surface area contributed by atoms with Crippen molar-refractivity contribution in [3.8, 4) is 0 Å². The van der Waals surface area contributed by atoms with E-state index in [2.05, 4.69) is 19.2 Å². The van der Waals surface area contributed by atoms with Crippen molar-refractivity contribution in [2.75, 3.05) is 11.9 Å². The van der Waals surface area contributed by atoms with Gasteiger partial charge in [0.2, 0.25) is 0 Å². The second kappa shape index (κ2) is 7.97. The summed E-state index contributed by atoms with van der Waals surface area (Å²) in [7, 11) is 0. The molecule has 0 radical (unpaired) electrons. The number of anilines is 1. The summed E-state index contributed by atoms with van der Waals surface area (Å²) in [4.78, 5) is 23.8. The van der Waals surface area contributed by atoms with Gasteiger partial charge in [-0.15, -0.1) is 0 Å². The Bertz CT molecular complexity index is 739. The van der Waals surface area contributed by atoms with Crippen LogP contribution in [0.2, 0.25) is 5.02 Å². The van der Waals surface area contributed by atoms with Crippen LogP contribution in [-0.4, -0.2) is 18.5 Å². The number of aryl methyl sites for hydroxylation is 1. The number of benzene rings is 2. The second-order valence-electron chi connectivity index (χ2n) is 5.86. The highest BCUT2D eigenvalue weighted by Gasteiger charge is 2.11. The fourth-order valence-electron chi connectivity index (χ4n) is 2.09. The quantitative estimate of drug-likeness (QED) is 0.808. The molecule has 4 nitrogen and oxygen atoms in total. The summed E-state index contributed by atoms with van der Waals surface area (Å²) in [6, 6.07) is 12.4. The number of halogens is 1. The van der Waals surface area contributed by atoms with Gasteiger partial charge in [-0.05, 0) is 48.2 Å². The second-order valence-corrected chi connectivity index (χ2v) is 6.27. The lowest BCUT2D eigenvalue weighted by molar-refractivity contribution is -0.119. The molecule has 0 aliphatic heterocycles. The van der Waals surface area contributed by atoms with Crippen LogP contribution < -0.4 is 5.32 Å². The summed E-state index contributed by atoms with van der Waals surface area (Å²) in [5.74, 6) is -0.549. The maximum absolute atomic E-state index is 12.0. The van der Waals surface area contributed by atoms with Crippen molar-refractivity contribution < 1.29 is 14.3 Å². The molecule has 126 valence electrons. The van der Waals surface area contributed by atoms with Crippen molar-refractivity contribution in [3.63, 3.8) is 0 Å². The van der Waals surface area contributed by atoms with Crippen LogP contribution in [0, 0.1) is 6.92 Å². The van der Waals surface area contributed by atoms with Gasteiger partial charge in [0.25, 0.3) is 5.91 Å². The molecule has 0 saturated carbocycles. The van der Waals surface area contributed by atoms with Crippen LogP contribution in [0.3, 0.4) is 0 Å². The first kappa shape index (κ1) is 18.0. The number of hydrogen-bond donors (Lipinski definition) is 1. The molecule has 24 heavy (non-hydrogen) atoms. The van der Waals surface area contributed by atoms with Gasteiger partial charge in [-0.3, -0.25) is 4.79 Å². The van der Waals surface area contributed by atoms with Crippen molar-refractivity contribution in [3.05, 3.63) is 64.2 Å². The first-order valence-electron chi connectivity index (χ1n) is 7.70. The Morgan fingerprint density at radius 3 is 2.38 bits per heavy atom. The smallest absolute Gasteiger partial charge is 0.338 e. The monoisotopic (exact) mass is 345 g/mol. The summed E-state index contributed by atoms with van der Waals surface area (Å²) >= 11 is 6.00. The Balaban J connectivity index is 1.88. The van der Waals surface area contributed by atoms with Crippen LogP contribution in [0.15, 0.2) is 42.5 Å². The van der Waals surface area contributed by atoms with E-state index in [-0.39, 0.29) is 6.61 Å². The number of esters is 1. The first-order valence-corrected chi connectivity index (χ1v) is 8.07. The van der Waals surface area contributed by atoms with Crippen molar-refractivity contribution in [2.24, 2.45) is 0 Å².